The van der Waals surface area contributed by atoms with Crippen LogP contribution in [0.1, 0.15) is 42.8 Å². The predicted octanol–water partition coefficient (Wildman–Crippen LogP) is 3.95. The van der Waals surface area contributed by atoms with Crippen molar-refractivity contribution in [2.24, 2.45) is 0 Å². The average molecular weight is 415 g/mol. The summed E-state index contributed by atoms with van der Waals surface area (Å²) in [6.07, 6.45) is 1.36. The second-order valence-corrected chi connectivity index (χ2v) is 8.60. The summed E-state index contributed by atoms with van der Waals surface area (Å²) in [4.78, 5) is 13.8. The van der Waals surface area contributed by atoms with Gasteiger partial charge in [-0.2, -0.15) is 9.97 Å². The number of hydrogen-bond donors (Lipinski definition) is 0. The lowest BCUT2D eigenvalue weighted by atomic mass is 9.95. The molecule has 4 rings (SSSR count). The second-order valence-electron chi connectivity index (χ2n) is 8.24. The number of ether oxygens (including phenoxy) is 2. The van der Waals surface area contributed by atoms with E-state index < -0.39 is 35.7 Å². The van der Waals surface area contributed by atoms with Gasteiger partial charge in [-0.1, -0.05) is 11.6 Å². The lowest BCUT2D eigenvalue weighted by Crippen LogP contribution is -2.43. The molecule has 2 atom stereocenters. The van der Waals surface area contributed by atoms with Crippen molar-refractivity contribution in [3.63, 3.8) is 0 Å². The minimum atomic E-state index is -2.30. The summed E-state index contributed by atoms with van der Waals surface area (Å²) in [5, 5.41) is -0.196. The predicted molar refractivity (Wildman–Crippen MR) is 101 cm³/mol. The molecule has 2 aromatic rings. The highest BCUT2D eigenvalue weighted by Gasteiger charge is 2.49. The summed E-state index contributed by atoms with van der Waals surface area (Å²) >= 11 is 5.80. The van der Waals surface area contributed by atoms with Gasteiger partial charge in [0.05, 0.1) is 13.7 Å². The SMILES string of the molecule is [2H]C([2H])(Oc1nc(OC(C)(C)C)c2cnc(Cl)c(F)c2n1)[C@@]12CCCN1C[C@H](F)C2. The van der Waals surface area contributed by atoms with Crippen LogP contribution >= 0.6 is 11.6 Å². The number of rotatable bonds is 4. The zero-order chi connectivity index (χ0) is 21.9. The molecule has 28 heavy (non-hydrogen) atoms. The number of pyridine rings is 1. The summed E-state index contributed by atoms with van der Waals surface area (Å²) in [6.45, 7) is 3.82. The standard InChI is InChI=1S/C19H23ClF2N4O2/c1-18(2,3)28-16-12-8-23-15(20)13(22)14(12)24-17(25-16)27-10-19-5-4-6-26(19)9-11(21)7-19/h8,11H,4-7,9-10H2,1-3H3/t11-,19+/m1/s1/i10D2. The Kier molecular flexibility index (Phi) is 4.22. The van der Waals surface area contributed by atoms with Crippen molar-refractivity contribution >= 4 is 22.5 Å². The molecule has 0 aliphatic carbocycles. The summed E-state index contributed by atoms with van der Waals surface area (Å²) in [6, 6.07) is -0.406. The molecule has 0 saturated carbocycles. The Hall–Kier alpha value is -1.80. The van der Waals surface area contributed by atoms with Crippen molar-refractivity contribution in [3.8, 4) is 11.9 Å². The summed E-state index contributed by atoms with van der Waals surface area (Å²) in [7, 11) is 0. The van der Waals surface area contributed by atoms with Gasteiger partial charge in [0.1, 0.15) is 23.8 Å². The molecule has 2 aliphatic rings. The van der Waals surface area contributed by atoms with Gasteiger partial charge in [-0.15, -0.1) is 0 Å². The van der Waals surface area contributed by atoms with E-state index in [0.717, 1.165) is 6.42 Å². The van der Waals surface area contributed by atoms with Crippen molar-refractivity contribution in [2.75, 3.05) is 19.6 Å². The number of halogens is 3. The lowest BCUT2D eigenvalue weighted by molar-refractivity contribution is 0.102. The summed E-state index contributed by atoms with van der Waals surface area (Å²) < 4.78 is 57.4. The smallest absolute Gasteiger partial charge is 0.320 e. The molecule has 6 nitrogen and oxygen atoms in total. The van der Waals surface area contributed by atoms with Crippen LogP contribution in [-0.4, -0.2) is 56.8 Å². The van der Waals surface area contributed by atoms with Crippen LogP contribution in [0.15, 0.2) is 6.20 Å². The van der Waals surface area contributed by atoms with E-state index in [9.17, 15) is 8.78 Å². The average Bonchev–Trinajstić information content (AvgIpc) is 3.14. The second kappa shape index (κ2) is 6.91. The van der Waals surface area contributed by atoms with Gasteiger partial charge in [0.25, 0.3) is 0 Å². The zero-order valence-electron chi connectivity index (χ0n) is 17.9. The van der Waals surface area contributed by atoms with Gasteiger partial charge in [-0.25, -0.2) is 13.8 Å². The van der Waals surface area contributed by atoms with Crippen molar-refractivity contribution in [1.82, 2.24) is 19.9 Å². The van der Waals surface area contributed by atoms with Crippen LogP contribution in [0.2, 0.25) is 5.15 Å². The normalized spacial score (nSPS) is 26.9. The van der Waals surface area contributed by atoms with Gasteiger partial charge >= 0.3 is 6.01 Å². The Morgan fingerprint density at radius 3 is 2.96 bits per heavy atom. The Morgan fingerprint density at radius 2 is 2.21 bits per heavy atom. The molecular weight excluding hydrogens is 390 g/mol. The summed E-state index contributed by atoms with van der Waals surface area (Å²) in [5.41, 5.74) is -1.99. The van der Waals surface area contributed by atoms with Gasteiger partial charge in [-0.05, 0) is 40.2 Å². The molecule has 0 bridgehead atoms. The maximum Gasteiger partial charge on any atom is 0.320 e. The molecule has 0 amide bonds. The quantitative estimate of drug-likeness (QED) is 0.706. The van der Waals surface area contributed by atoms with Crippen LogP contribution in [0.4, 0.5) is 8.78 Å². The summed E-state index contributed by atoms with van der Waals surface area (Å²) in [5.74, 6) is -0.886. The fourth-order valence-corrected chi connectivity index (χ4v) is 3.94. The molecule has 0 radical (unpaired) electrons. The van der Waals surface area contributed by atoms with Crippen molar-refractivity contribution in [1.29, 1.82) is 0 Å². The third-order valence-corrected chi connectivity index (χ3v) is 5.19. The zero-order valence-corrected chi connectivity index (χ0v) is 16.7. The first kappa shape index (κ1) is 17.1. The maximum atomic E-state index is 14.6. The first-order chi connectivity index (χ1) is 13.9. The molecule has 9 heteroatoms. The van der Waals surface area contributed by atoms with Crippen LogP contribution < -0.4 is 9.47 Å². The molecular formula is C19H23ClF2N4O2. The van der Waals surface area contributed by atoms with Crippen molar-refractivity contribution < 1.29 is 21.0 Å². The molecule has 4 heterocycles. The first-order valence-corrected chi connectivity index (χ1v) is 9.59. The monoisotopic (exact) mass is 414 g/mol. The highest BCUT2D eigenvalue weighted by molar-refractivity contribution is 6.30. The third-order valence-electron chi connectivity index (χ3n) is 4.92. The lowest BCUT2D eigenvalue weighted by Gasteiger charge is -2.30. The van der Waals surface area contributed by atoms with Crippen molar-refractivity contribution in [2.45, 2.75) is 57.3 Å². The van der Waals surface area contributed by atoms with Gasteiger partial charge in [-0.3, -0.25) is 4.90 Å². The van der Waals surface area contributed by atoms with Crippen LogP contribution in [0.25, 0.3) is 10.9 Å². The first-order valence-electron chi connectivity index (χ1n) is 10.2. The van der Waals surface area contributed by atoms with Crippen LogP contribution in [0, 0.1) is 5.82 Å². The maximum absolute atomic E-state index is 14.6. The van der Waals surface area contributed by atoms with E-state index in [2.05, 4.69) is 15.0 Å². The number of aromatic nitrogens is 3. The molecule has 0 spiro atoms. The molecule has 2 fully saturated rings. The van der Waals surface area contributed by atoms with Gasteiger partial charge in [0.2, 0.25) is 5.88 Å². The van der Waals surface area contributed by atoms with E-state index >= 15 is 0 Å². The van der Waals surface area contributed by atoms with E-state index in [-0.39, 0.29) is 34.9 Å². The Bertz CT molecular complexity index is 991. The molecule has 2 aliphatic heterocycles. The highest BCUT2D eigenvalue weighted by Crippen LogP contribution is 2.40. The molecule has 0 aromatic carbocycles. The fraction of sp³-hybridized carbons (Fsp3) is 0.632. The number of nitrogens with zero attached hydrogens (tertiary/aromatic N) is 4. The minimum Gasteiger partial charge on any atom is -0.471 e. The number of fused-ring (bicyclic) bond motifs is 2. The molecule has 2 aromatic heterocycles. The molecule has 0 N–H and O–H groups in total. The van der Waals surface area contributed by atoms with Gasteiger partial charge in [0.15, 0.2) is 11.0 Å². The van der Waals surface area contributed by atoms with Crippen LogP contribution in [-0.2, 0) is 0 Å². The Labute approximate surface area is 170 Å². The number of hydrogen-bond acceptors (Lipinski definition) is 6. The van der Waals surface area contributed by atoms with E-state index in [1.54, 1.807) is 25.7 Å². The topological polar surface area (TPSA) is 60.4 Å². The number of alkyl halides is 1. The van der Waals surface area contributed by atoms with Gasteiger partial charge in [0, 0.05) is 19.2 Å². The highest BCUT2D eigenvalue weighted by atomic mass is 35.5. The van der Waals surface area contributed by atoms with Gasteiger partial charge < -0.3 is 9.47 Å². The molecule has 0 unspecified atom stereocenters. The molecule has 152 valence electrons. The minimum absolute atomic E-state index is 0.00284. The van der Waals surface area contributed by atoms with Crippen LogP contribution in [0.5, 0.6) is 11.9 Å². The third kappa shape index (κ3) is 3.59. The van der Waals surface area contributed by atoms with Crippen LogP contribution in [0.3, 0.4) is 0 Å². The van der Waals surface area contributed by atoms with E-state index in [1.165, 1.54) is 6.20 Å². The van der Waals surface area contributed by atoms with E-state index in [4.69, 9.17) is 23.8 Å². The fourth-order valence-electron chi connectivity index (χ4n) is 3.80. The molecule has 2 saturated heterocycles. The Balaban J connectivity index is 1.78. The van der Waals surface area contributed by atoms with E-state index in [0.29, 0.717) is 13.0 Å². The van der Waals surface area contributed by atoms with Crippen molar-refractivity contribution in [3.05, 3.63) is 17.2 Å². The van der Waals surface area contributed by atoms with E-state index in [1.807, 2.05) is 0 Å². The largest absolute Gasteiger partial charge is 0.471 e. The Morgan fingerprint density at radius 1 is 1.43 bits per heavy atom.